The minimum Gasteiger partial charge on any atom is -0.396 e. The van der Waals surface area contributed by atoms with Gasteiger partial charge in [-0.3, -0.25) is 0 Å². The molecule has 0 spiro atoms. The normalized spacial score (nSPS) is 25.3. The van der Waals surface area contributed by atoms with Crippen LogP contribution in [0, 0.1) is 5.92 Å². The van der Waals surface area contributed by atoms with E-state index in [9.17, 15) is 5.11 Å². The van der Waals surface area contributed by atoms with Crippen LogP contribution >= 0.6 is 11.8 Å². The molecule has 3 atom stereocenters. The van der Waals surface area contributed by atoms with E-state index in [2.05, 4.69) is 42.8 Å². The fourth-order valence-corrected chi connectivity index (χ4v) is 3.19. The third-order valence-corrected chi connectivity index (χ3v) is 4.72. The second-order valence-corrected chi connectivity index (χ2v) is 6.02. The Bertz CT molecular complexity index is 365. The molecule has 0 saturated heterocycles. The molecule has 1 aromatic carbocycles. The average Bonchev–Trinajstić information content (AvgIpc) is 2.86. The van der Waals surface area contributed by atoms with Crippen molar-refractivity contribution in [2.24, 2.45) is 5.92 Å². The van der Waals surface area contributed by atoms with E-state index >= 15 is 0 Å². The lowest BCUT2D eigenvalue weighted by Crippen LogP contribution is -2.35. The highest BCUT2D eigenvalue weighted by Gasteiger charge is 2.27. The molecule has 0 radical (unpaired) electrons. The smallest absolute Gasteiger partial charge is 0.0474 e. The monoisotopic (exact) mass is 265 g/mol. The maximum absolute atomic E-state index is 9.35. The van der Waals surface area contributed by atoms with Gasteiger partial charge in [-0.05, 0) is 49.6 Å². The average molecular weight is 265 g/mol. The Morgan fingerprint density at radius 1 is 1.33 bits per heavy atom. The molecule has 0 aliphatic heterocycles. The third-order valence-electron chi connectivity index (χ3n) is 3.97. The number of benzene rings is 1. The van der Waals surface area contributed by atoms with Crippen molar-refractivity contribution in [1.29, 1.82) is 0 Å². The highest BCUT2D eigenvalue weighted by molar-refractivity contribution is 7.98. The summed E-state index contributed by atoms with van der Waals surface area (Å²) in [5.41, 5.74) is 1.33. The number of thioether (sulfide) groups is 1. The number of hydrogen-bond acceptors (Lipinski definition) is 3. The number of nitrogens with one attached hydrogen (secondary N) is 1. The molecule has 1 aliphatic carbocycles. The number of aliphatic hydroxyl groups excluding tert-OH is 1. The first kappa shape index (κ1) is 13.9. The van der Waals surface area contributed by atoms with E-state index in [0.29, 0.717) is 24.6 Å². The highest BCUT2D eigenvalue weighted by atomic mass is 32.2. The van der Waals surface area contributed by atoms with Crippen LogP contribution in [0.15, 0.2) is 29.2 Å². The zero-order chi connectivity index (χ0) is 13.0. The maximum atomic E-state index is 9.35. The Labute approximate surface area is 114 Å². The van der Waals surface area contributed by atoms with Gasteiger partial charge in [0.05, 0.1) is 0 Å². The first-order chi connectivity index (χ1) is 8.74. The van der Waals surface area contributed by atoms with Gasteiger partial charge in [0, 0.05) is 23.6 Å². The van der Waals surface area contributed by atoms with Gasteiger partial charge < -0.3 is 10.4 Å². The molecule has 1 saturated carbocycles. The van der Waals surface area contributed by atoms with Gasteiger partial charge in [-0.15, -0.1) is 11.8 Å². The summed E-state index contributed by atoms with van der Waals surface area (Å²) >= 11 is 1.77. The third kappa shape index (κ3) is 3.28. The van der Waals surface area contributed by atoms with Crippen LogP contribution < -0.4 is 5.32 Å². The summed E-state index contributed by atoms with van der Waals surface area (Å²) in [7, 11) is 0. The molecule has 0 heterocycles. The van der Waals surface area contributed by atoms with Crippen molar-refractivity contribution in [2.45, 2.75) is 43.2 Å². The van der Waals surface area contributed by atoms with Gasteiger partial charge >= 0.3 is 0 Å². The zero-order valence-corrected chi connectivity index (χ0v) is 12.0. The topological polar surface area (TPSA) is 32.3 Å². The van der Waals surface area contributed by atoms with Gasteiger partial charge in [-0.2, -0.15) is 0 Å². The Hall–Kier alpha value is -0.510. The molecule has 0 amide bonds. The van der Waals surface area contributed by atoms with E-state index in [1.807, 2.05) is 0 Å². The SMILES string of the molecule is CSc1ccc(C(C)NC2CCCC2CO)cc1. The molecule has 2 rings (SSSR count). The Balaban J connectivity index is 1.95. The maximum Gasteiger partial charge on any atom is 0.0474 e. The van der Waals surface area contributed by atoms with Crippen LogP contribution in [0.2, 0.25) is 0 Å². The summed E-state index contributed by atoms with van der Waals surface area (Å²) in [5, 5.41) is 13.0. The van der Waals surface area contributed by atoms with Crippen molar-refractivity contribution in [3.8, 4) is 0 Å². The van der Waals surface area contributed by atoms with Gasteiger partial charge in [-0.1, -0.05) is 18.6 Å². The van der Waals surface area contributed by atoms with Crippen LogP contribution in [0.3, 0.4) is 0 Å². The molecule has 0 bridgehead atoms. The van der Waals surface area contributed by atoms with E-state index < -0.39 is 0 Å². The van der Waals surface area contributed by atoms with E-state index in [1.54, 1.807) is 11.8 Å². The lowest BCUT2D eigenvalue weighted by Gasteiger charge is -2.24. The van der Waals surface area contributed by atoms with Gasteiger partial charge in [0.25, 0.3) is 0 Å². The van der Waals surface area contributed by atoms with E-state index in [4.69, 9.17) is 0 Å². The van der Waals surface area contributed by atoms with Gasteiger partial charge in [0.2, 0.25) is 0 Å². The summed E-state index contributed by atoms with van der Waals surface area (Å²) in [6.07, 6.45) is 5.69. The molecule has 100 valence electrons. The Kier molecular flexibility index (Phi) is 5.10. The van der Waals surface area contributed by atoms with Crippen molar-refractivity contribution < 1.29 is 5.11 Å². The number of rotatable bonds is 5. The standard InChI is InChI=1S/C15H23NOS/c1-11(12-6-8-14(18-2)9-7-12)16-15-5-3-4-13(15)10-17/h6-9,11,13,15-17H,3-5,10H2,1-2H3. The minimum atomic E-state index is 0.315. The van der Waals surface area contributed by atoms with Crippen LogP contribution in [0.1, 0.15) is 37.8 Å². The predicted molar refractivity (Wildman–Crippen MR) is 78.0 cm³/mol. The molecule has 1 aromatic rings. The quantitative estimate of drug-likeness (QED) is 0.802. The Morgan fingerprint density at radius 2 is 2.06 bits per heavy atom. The first-order valence-corrected chi connectivity index (χ1v) is 7.98. The van der Waals surface area contributed by atoms with Crippen LogP contribution in [0.5, 0.6) is 0 Å². The molecule has 2 nitrogen and oxygen atoms in total. The van der Waals surface area contributed by atoms with Crippen molar-refractivity contribution >= 4 is 11.8 Å². The molecule has 18 heavy (non-hydrogen) atoms. The summed E-state index contributed by atoms with van der Waals surface area (Å²) in [6, 6.07) is 9.59. The molecule has 1 fully saturated rings. The molecule has 3 heteroatoms. The lowest BCUT2D eigenvalue weighted by atomic mass is 10.0. The molecule has 1 aliphatic rings. The second-order valence-electron chi connectivity index (χ2n) is 5.14. The van der Waals surface area contributed by atoms with Crippen molar-refractivity contribution in [3.63, 3.8) is 0 Å². The second kappa shape index (κ2) is 6.60. The van der Waals surface area contributed by atoms with Crippen molar-refractivity contribution in [3.05, 3.63) is 29.8 Å². The van der Waals surface area contributed by atoms with Gasteiger partial charge in [-0.25, -0.2) is 0 Å². The van der Waals surface area contributed by atoms with Gasteiger partial charge in [0.1, 0.15) is 0 Å². The van der Waals surface area contributed by atoms with Gasteiger partial charge in [0.15, 0.2) is 0 Å². The highest BCUT2D eigenvalue weighted by Crippen LogP contribution is 2.28. The number of aliphatic hydroxyl groups is 1. The van der Waals surface area contributed by atoms with E-state index in [0.717, 1.165) is 6.42 Å². The molecule has 2 N–H and O–H groups in total. The summed E-state index contributed by atoms with van der Waals surface area (Å²) < 4.78 is 0. The lowest BCUT2D eigenvalue weighted by molar-refractivity contribution is 0.200. The van der Waals surface area contributed by atoms with E-state index in [-0.39, 0.29) is 0 Å². The van der Waals surface area contributed by atoms with Crippen LogP contribution in [0.4, 0.5) is 0 Å². The molecular formula is C15H23NOS. The fraction of sp³-hybridized carbons (Fsp3) is 0.600. The number of hydrogen-bond donors (Lipinski definition) is 2. The van der Waals surface area contributed by atoms with Crippen LogP contribution in [-0.4, -0.2) is 24.0 Å². The first-order valence-electron chi connectivity index (χ1n) is 6.75. The van der Waals surface area contributed by atoms with Crippen LogP contribution in [0.25, 0.3) is 0 Å². The van der Waals surface area contributed by atoms with Crippen molar-refractivity contribution in [1.82, 2.24) is 5.32 Å². The largest absolute Gasteiger partial charge is 0.396 e. The predicted octanol–water partition coefficient (Wildman–Crippen LogP) is 3.22. The fourth-order valence-electron chi connectivity index (χ4n) is 2.78. The molecule has 0 aromatic heterocycles. The minimum absolute atomic E-state index is 0.315. The zero-order valence-electron chi connectivity index (χ0n) is 11.2. The summed E-state index contributed by atoms with van der Waals surface area (Å²) in [5.74, 6) is 0.443. The summed E-state index contributed by atoms with van der Waals surface area (Å²) in [6.45, 7) is 2.52. The summed E-state index contributed by atoms with van der Waals surface area (Å²) in [4.78, 5) is 1.31. The van der Waals surface area contributed by atoms with Crippen molar-refractivity contribution in [2.75, 3.05) is 12.9 Å². The van der Waals surface area contributed by atoms with E-state index in [1.165, 1.54) is 23.3 Å². The molecular weight excluding hydrogens is 242 g/mol. The Morgan fingerprint density at radius 3 is 2.67 bits per heavy atom. The molecule has 3 unspecified atom stereocenters. The van der Waals surface area contributed by atoms with Crippen LogP contribution in [-0.2, 0) is 0 Å².